The number of benzene rings is 1. The number of rotatable bonds is 7. The standard InChI is InChI=1S/C22H29N3O3S2/c1-8-25(9-2)18-10-11-19(13(3)12-18)24-30(26,27)22-17(7)29-16(6)20(22)21-14(4)15(5)23-28-21/h10-12,24H,8-9H2,1-7H3. The Labute approximate surface area is 183 Å². The van der Waals surface area contributed by atoms with Crippen molar-refractivity contribution in [2.75, 3.05) is 22.7 Å². The summed E-state index contributed by atoms with van der Waals surface area (Å²) in [5, 5.41) is 4.02. The molecule has 1 aromatic carbocycles. The largest absolute Gasteiger partial charge is 0.372 e. The van der Waals surface area contributed by atoms with Crippen molar-refractivity contribution in [1.82, 2.24) is 5.16 Å². The molecule has 0 atom stereocenters. The van der Waals surface area contributed by atoms with Gasteiger partial charge in [-0.05, 0) is 72.2 Å². The average Bonchev–Trinajstić information content (AvgIpc) is 3.16. The number of nitrogens with zero attached hydrogens (tertiary/aromatic N) is 2. The number of aromatic nitrogens is 1. The molecule has 0 unspecified atom stereocenters. The van der Waals surface area contributed by atoms with Crippen LogP contribution in [0.2, 0.25) is 0 Å². The molecule has 8 heteroatoms. The summed E-state index contributed by atoms with van der Waals surface area (Å²) in [5.41, 5.74) is 4.74. The fourth-order valence-electron chi connectivity index (χ4n) is 3.64. The number of nitrogens with one attached hydrogen (secondary N) is 1. The fourth-order valence-corrected chi connectivity index (χ4v) is 6.62. The maximum absolute atomic E-state index is 13.5. The van der Waals surface area contributed by atoms with Crippen molar-refractivity contribution in [3.05, 3.63) is 44.8 Å². The molecule has 0 spiro atoms. The Bertz CT molecular complexity index is 1170. The Morgan fingerprint density at radius 2 is 1.73 bits per heavy atom. The van der Waals surface area contributed by atoms with Crippen LogP contribution in [0.1, 0.15) is 40.4 Å². The first-order chi connectivity index (χ1) is 14.1. The number of thiophene rings is 1. The SMILES string of the molecule is CCN(CC)c1ccc(NS(=O)(=O)c2c(C)sc(C)c2-c2onc(C)c2C)c(C)c1. The Balaban J connectivity index is 2.05. The van der Waals surface area contributed by atoms with E-state index < -0.39 is 10.0 Å². The molecule has 162 valence electrons. The van der Waals surface area contributed by atoms with Crippen molar-refractivity contribution in [3.8, 4) is 11.3 Å². The van der Waals surface area contributed by atoms with Crippen LogP contribution >= 0.6 is 11.3 Å². The van der Waals surface area contributed by atoms with Gasteiger partial charge in [-0.3, -0.25) is 4.72 Å². The summed E-state index contributed by atoms with van der Waals surface area (Å²) in [7, 11) is -3.82. The van der Waals surface area contributed by atoms with Gasteiger partial charge in [-0.2, -0.15) is 0 Å². The molecule has 3 rings (SSSR count). The van der Waals surface area contributed by atoms with E-state index in [1.165, 1.54) is 11.3 Å². The van der Waals surface area contributed by atoms with Crippen LogP contribution in [-0.4, -0.2) is 26.7 Å². The molecule has 3 aromatic rings. The fraction of sp³-hybridized carbons (Fsp3) is 0.409. The summed E-state index contributed by atoms with van der Waals surface area (Å²) in [6, 6.07) is 5.80. The van der Waals surface area contributed by atoms with Crippen LogP contribution in [-0.2, 0) is 10.0 Å². The maximum atomic E-state index is 13.5. The third-order valence-electron chi connectivity index (χ3n) is 5.44. The quantitative estimate of drug-likeness (QED) is 0.511. The minimum atomic E-state index is -3.82. The third kappa shape index (κ3) is 3.98. The molecule has 2 aromatic heterocycles. The maximum Gasteiger partial charge on any atom is 0.263 e. The zero-order valence-corrected chi connectivity index (χ0v) is 20.2. The Morgan fingerprint density at radius 1 is 1.07 bits per heavy atom. The van der Waals surface area contributed by atoms with Crippen molar-refractivity contribution in [3.63, 3.8) is 0 Å². The number of sulfonamides is 1. The highest BCUT2D eigenvalue weighted by atomic mass is 32.2. The van der Waals surface area contributed by atoms with Gasteiger partial charge in [0.05, 0.1) is 16.9 Å². The summed E-state index contributed by atoms with van der Waals surface area (Å²) in [6.45, 7) is 15.4. The van der Waals surface area contributed by atoms with Crippen molar-refractivity contribution in [2.45, 2.75) is 53.4 Å². The number of hydrogen-bond donors (Lipinski definition) is 1. The lowest BCUT2D eigenvalue weighted by molar-refractivity contribution is 0.426. The van der Waals surface area contributed by atoms with E-state index >= 15 is 0 Å². The molecule has 1 N–H and O–H groups in total. The average molecular weight is 448 g/mol. The lowest BCUT2D eigenvalue weighted by Crippen LogP contribution is -2.22. The van der Waals surface area contributed by atoms with Gasteiger partial charge < -0.3 is 9.42 Å². The second-order valence-electron chi connectivity index (χ2n) is 7.42. The molecule has 0 aliphatic carbocycles. The highest BCUT2D eigenvalue weighted by Crippen LogP contribution is 2.41. The number of aryl methyl sites for hydroxylation is 4. The van der Waals surface area contributed by atoms with E-state index in [0.29, 0.717) is 17.0 Å². The van der Waals surface area contributed by atoms with Crippen molar-refractivity contribution in [2.24, 2.45) is 0 Å². The molecule has 2 heterocycles. The van der Waals surface area contributed by atoms with E-state index in [4.69, 9.17) is 4.52 Å². The van der Waals surface area contributed by atoms with E-state index in [1.54, 1.807) is 0 Å². The second kappa shape index (κ2) is 8.43. The second-order valence-corrected chi connectivity index (χ2v) is 10.5. The van der Waals surface area contributed by atoms with Crippen LogP contribution in [0.25, 0.3) is 11.3 Å². The summed E-state index contributed by atoms with van der Waals surface area (Å²) < 4.78 is 35.2. The molecule has 0 aliphatic heterocycles. The van der Waals surface area contributed by atoms with Gasteiger partial charge in [-0.1, -0.05) is 5.16 Å². The van der Waals surface area contributed by atoms with Crippen molar-refractivity contribution in [1.29, 1.82) is 0 Å². The Hall–Kier alpha value is -2.32. The molecule has 30 heavy (non-hydrogen) atoms. The summed E-state index contributed by atoms with van der Waals surface area (Å²) in [6.07, 6.45) is 0. The van der Waals surface area contributed by atoms with Crippen LogP contribution in [0.15, 0.2) is 27.6 Å². The lowest BCUT2D eigenvalue weighted by atomic mass is 10.1. The van der Waals surface area contributed by atoms with Gasteiger partial charge in [-0.25, -0.2) is 8.42 Å². The predicted molar refractivity (Wildman–Crippen MR) is 124 cm³/mol. The van der Waals surface area contributed by atoms with Crippen LogP contribution < -0.4 is 9.62 Å². The molecule has 0 fully saturated rings. The molecule has 0 saturated carbocycles. The van der Waals surface area contributed by atoms with Crippen molar-refractivity contribution < 1.29 is 12.9 Å². The van der Waals surface area contributed by atoms with E-state index in [2.05, 4.69) is 28.6 Å². The molecule has 0 amide bonds. The van der Waals surface area contributed by atoms with E-state index in [0.717, 1.165) is 45.4 Å². The van der Waals surface area contributed by atoms with Crippen LogP contribution in [0.5, 0.6) is 0 Å². The molecule has 6 nitrogen and oxygen atoms in total. The highest BCUT2D eigenvalue weighted by molar-refractivity contribution is 7.93. The van der Waals surface area contributed by atoms with Gasteiger partial charge in [0.15, 0.2) is 5.76 Å². The van der Waals surface area contributed by atoms with Crippen molar-refractivity contribution >= 4 is 32.7 Å². The predicted octanol–water partition coefficient (Wildman–Crippen LogP) is 5.59. The van der Waals surface area contributed by atoms with Crippen LogP contribution in [0, 0.1) is 34.6 Å². The zero-order valence-electron chi connectivity index (χ0n) is 18.6. The third-order valence-corrected chi connectivity index (χ3v) is 8.13. The van der Waals surface area contributed by atoms with Crippen LogP contribution in [0.3, 0.4) is 0 Å². The first-order valence-corrected chi connectivity index (χ1v) is 12.3. The minimum absolute atomic E-state index is 0.261. The Morgan fingerprint density at radius 3 is 2.27 bits per heavy atom. The first kappa shape index (κ1) is 22.4. The summed E-state index contributed by atoms with van der Waals surface area (Å²) in [5.74, 6) is 0.517. The number of anilines is 2. The normalized spacial score (nSPS) is 11.7. The van der Waals surface area contributed by atoms with E-state index in [-0.39, 0.29) is 4.90 Å². The minimum Gasteiger partial charge on any atom is -0.372 e. The molecule has 0 aliphatic rings. The van der Waals surface area contributed by atoms with Gasteiger partial charge in [0.2, 0.25) is 0 Å². The smallest absolute Gasteiger partial charge is 0.263 e. The molecule has 0 radical (unpaired) electrons. The monoisotopic (exact) mass is 447 g/mol. The summed E-state index contributed by atoms with van der Waals surface area (Å²) >= 11 is 1.45. The van der Waals surface area contributed by atoms with Gasteiger partial charge in [-0.15, -0.1) is 11.3 Å². The first-order valence-electron chi connectivity index (χ1n) is 10.0. The molecule has 0 bridgehead atoms. The molecular weight excluding hydrogens is 418 g/mol. The van der Waals surface area contributed by atoms with E-state index in [1.807, 2.05) is 52.8 Å². The van der Waals surface area contributed by atoms with Gasteiger partial charge in [0, 0.05) is 34.1 Å². The molecular formula is C22H29N3O3S2. The zero-order chi connectivity index (χ0) is 22.2. The van der Waals surface area contributed by atoms with Crippen LogP contribution in [0.4, 0.5) is 11.4 Å². The summed E-state index contributed by atoms with van der Waals surface area (Å²) in [4.78, 5) is 4.10. The highest BCUT2D eigenvalue weighted by Gasteiger charge is 2.30. The Kier molecular flexibility index (Phi) is 6.29. The van der Waals surface area contributed by atoms with Gasteiger partial charge in [0.25, 0.3) is 10.0 Å². The number of hydrogen-bond acceptors (Lipinski definition) is 6. The van der Waals surface area contributed by atoms with Gasteiger partial charge >= 0.3 is 0 Å². The topological polar surface area (TPSA) is 75.4 Å². The van der Waals surface area contributed by atoms with Gasteiger partial charge in [0.1, 0.15) is 4.90 Å². The molecule has 0 saturated heterocycles. The lowest BCUT2D eigenvalue weighted by Gasteiger charge is -2.22. The van der Waals surface area contributed by atoms with E-state index in [9.17, 15) is 8.42 Å².